The molecule has 0 unspecified atom stereocenters. The first-order chi connectivity index (χ1) is 10.2. The van der Waals surface area contributed by atoms with Gasteiger partial charge in [0.1, 0.15) is 0 Å². The van der Waals surface area contributed by atoms with Crippen LogP contribution in [0.15, 0.2) is 12.1 Å². The fourth-order valence-corrected chi connectivity index (χ4v) is 2.07. The molecule has 1 rings (SSSR count). The standard InChI is InChI=1S/C15H24ClNO4/c1-19-7-8-21-6-4-3-5-17-11-12-9-13(16)10-14(20-2)15(12)18/h9-10,17-18H,3-8,11H2,1-2H3. The second-order valence-corrected chi connectivity index (χ2v) is 5.04. The Labute approximate surface area is 131 Å². The number of aromatic hydroxyl groups is 1. The maximum atomic E-state index is 9.98. The average Bonchev–Trinajstić information content (AvgIpc) is 2.48. The zero-order chi connectivity index (χ0) is 15.5. The van der Waals surface area contributed by atoms with E-state index in [9.17, 15) is 5.11 Å². The Morgan fingerprint density at radius 2 is 1.95 bits per heavy atom. The van der Waals surface area contributed by atoms with Crippen LogP contribution in [0.4, 0.5) is 0 Å². The summed E-state index contributed by atoms with van der Waals surface area (Å²) in [5.74, 6) is 0.531. The first-order valence-electron chi connectivity index (χ1n) is 7.01. The van der Waals surface area contributed by atoms with E-state index < -0.39 is 0 Å². The number of phenols is 1. The van der Waals surface area contributed by atoms with E-state index in [1.165, 1.54) is 7.11 Å². The molecule has 0 radical (unpaired) electrons. The van der Waals surface area contributed by atoms with Crippen molar-refractivity contribution < 1.29 is 19.3 Å². The van der Waals surface area contributed by atoms with Gasteiger partial charge in [0.15, 0.2) is 11.5 Å². The molecule has 2 N–H and O–H groups in total. The Kier molecular flexibility index (Phi) is 9.17. The third kappa shape index (κ3) is 7.00. The van der Waals surface area contributed by atoms with Crippen molar-refractivity contribution in [3.8, 4) is 11.5 Å². The molecule has 0 aliphatic rings. The van der Waals surface area contributed by atoms with Crippen molar-refractivity contribution >= 4 is 11.6 Å². The summed E-state index contributed by atoms with van der Waals surface area (Å²) in [7, 11) is 3.17. The second kappa shape index (κ2) is 10.7. The van der Waals surface area contributed by atoms with Gasteiger partial charge in [0, 0.05) is 36.9 Å². The van der Waals surface area contributed by atoms with Crippen molar-refractivity contribution in [3.05, 3.63) is 22.7 Å². The van der Waals surface area contributed by atoms with Gasteiger partial charge >= 0.3 is 0 Å². The predicted octanol–water partition coefficient (Wildman–Crippen LogP) is 2.59. The Hall–Kier alpha value is -1.01. The van der Waals surface area contributed by atoms with Gasteiger partial charge in [0.25, 0.3) is 0 Å². The van der Waals surface area contributed by atoms with E-state index in [0.717, 1.165) is 31.6 Å². The number of phenolic OH excluding ortho intramolecular Hbond substituents is 1. The summed E-state index contributed by atoms with van der Waals surface area (Å²) >= 11 is 5.98. The van der Waals surface area contributed by atoms with Crippen molar-refractivity contribution in [2.45, 2.75) is 19.4 Å². The highest BCUT2D eigenvalue weighted by Gasteiger charge is 2.09. The summed E-state index contributed by atoms with van der Waals surface area (Å²) in [4.78, 5) is 0. The highest BCUT2D eigenvalue weighted by Crippen LogP contribution is 2.33. The molecule has 0 fully saturated rings. The molecule has 6 heteroatoms. The minimum Gasteiger partial charge on any atom is -0.504 e. The quantitative estimate of drug-likeness (QED) is 0.614. The zero-order valence-corrected chi connectivity index (χ0v) is 13.4. The van der Waals surface area contributed by atoms with Crippen LogP contribution < -0.4 is 10.1 Å². The third-order valence-electron chi connectivity index (χ3n) is 2.98. The molecule has 1 aromatic carbocycles. The average molecular weight is 318 g/mol. The van der Waals surface area contributed by atoms with Gasteiger partial charge in [-0.1, -0.05) is 11.6 Å². The van der Waals surface area contributed by atoms with E-state index in [4.69, 9.17) is 25.8 Å². The van der Waals surface area contributed by atoms with Gasteiger partial charge in [-0.25, -0.2) is 0 Å². The molecule has 0 heterocycles. The molecule has 0 spiro atoms. The molecule has 21 heavy (non-hydrogen) atoms. The smallest absolute Gasteiger partial charge is 0.162 e. The predicted molar refractivity (Wildman–Crippen MR) is 83.3 cm³/mol. The molecule has 0 aliphatic heterocycles. The molecule has 0 saturated carbocycles. The van der Waals surface area contributed by atoms with Gasteiger partial charge in [-0.3, -0.25) is 0 Å². The fourth-order valence-electron chi connectivity index (χ4n) is 1.84. The summed E-state index contributed by atoms with van der Waals surface area (Å²) in [5, 5.41) is 13.8. The molecule has 5 nitrogen and oxygen atoms in total. The monoisotopic (exact) mass is 317 g/mol. The zero-order valence-electron chi connectivity index (χ0n) is 12.7. The minimum absolute atomic E-state index is 0.136. The van der Waals surface area contributed by atoms with Gasteiger partial charge in [-0.15, -0.1) is 0 Å². The molecular formula is C15H24ClNO4. The van der Waals surface area contributed by atoms with Crippen LogP contribution in [0.1, 0.15) is 18.4 Å². The van der Waals surface area contributed by atoms with Crippen LogP contribution in [0.5, 0.6) is 11.5 Å². The van der Waals surface area contributed by atoms with Gasteiger partial charge in [-0.2, -0.15) is 0 Å². The number of halogens is 1. The minimum atomic E-state index is 0.136. The lowest BCUT2D eigenvalue weighted by Gasteiger charge is -2.11. The highest BCUT2D eigenvalue weighted by atomic mass is 35.5. The summed E-state index contributed by atoms with van der Waals surface area (Å²) < 4.78 is 15.3. The number of ether oxygens (including phenoxy) is 3. The molecule has 0 aromatic heterocycles. The lowest BCUT2D eigenvalue weighted by Crippen LogP contribution is -2.15. The molecule has 0 aliphatic carbocycles. The molecule has 120 valence electrons. The summed E-state index contributed by atoms with van der Waals surface area (Å²) in [6.07, 6.45) is 1.99. The largest absolute Gasteiger partial charge is 0.504 e. The summed E-state index contributed by atoms with van der Waals surface area (Å²) in [6, 6.07) is 3.33. The SMILES string of the molecule is COCCOCCCCNCc1cc(Cl)cc(OC)c1O. The molecule has 0 saturated heterocycles. The van der Waals surface area contributed by atoms with Crippen molar-refractivity contribution in [3.63, 3.8) is 0 Å². The number of benzene rings is 1. The van der Waals surface area contributed by atoms with Gasteiger partial charge in [-0.05, 0) is 25.5 Å². The van der Waals surface area contributed by atoms with Crippen LogP contribution in [0.3, 0.4) is 0 Å². The number of unbranched alkanes of at least 4 members (excludes halogenated alkanes) is 1. The van der Waals surface area contributed by atoms with Crippen molar-refractivity contribution in [2.75, 3.05) is 40.6 Å². The Balaban J connectivity index is 2.20. The van der Waals surface area contributed by atoms with Crippen LogP contribution in [0.25, 0.3) is 0 Å². The highest BCUT2D eigenvalue weighted by molar-refractivity contribution is 6.30. The maximum absolute atomic E-state index is 9.98. The van der Waals surface area contributed by atoms with Gasteiger partial charge < -0.3 is 24.6 Å². The van der Waals surface area contributed by atoms with Crippen molar-refractivity contribution in [1.82, 2.24) is 5.32 Å². The lowest BCUT2D eigenvalue weighted by atomic mass is 10.2. The van der Waals surface area contributed by atoms with Crippen molar-refractivity contribution in [1.29, 1.82) is 0 Å². The summed E-state index contributed by atoms with van der Waals surface area (Å²) in [5.41, 5.74) is 0.732. The number of nitrogens with one attached hydrogen (secondary N) is 1. The molecule has 0 amide bonds. The number of rotatable bonds is 11. The number of hydrogen-bond acceptors (Lipinski definition) is 5. The van der Waals surface area contributed by atoms with Crippen LogP contribution in [0.2, 0.25) is 5.02 Å². The number of hydrogen-bond donors (Lipinski definition) is 2. The van der Waals surface area contributed by atoms with E-state index in [1.807, 2.05) is 0 Å². The van der Waals surface area contributed by atoms with Crippen LogP contribution in [0, 0.1) is 0 Å². The van der Waals surface area contributed by atoms with E-state index >= 15 is 0 Å². The fraction of sp³-hybridized carbons (Fsp3) is 0.600. The molecular weight excluding hydrogens is 294 g/mol. The normalized spacial score (nSPS) is 10.8. The van der Waals surface area contributed by atoms with Crippen LogP contribution in [-0.2, 0) is 16.0 Å². The lowest BCUT2D eigenvalue weighted by molar-refractivity contribution is 0.0688. The summed E-state index contributed by atoms with van der Waals surface area (Å²) in [6.45, 7) is 3.41. The Bertz CT molecular complexity index is 415. The first kappa shape index (κ1) is 18.0. The maximum Gasteiger partial charge on any atom is 0.162 e. The van der Waals surface area contributed by atoms with E-state index in [0.29, 0.717) is 30.5 Å². The first-order valence-corrected chi connectivity index (χ1v) is 7.39. The third-order valence-corrected chi connectivity index (χ3v) is 3.20. The Morgan fingerprint density at radius 3 is 2.67 bits per heavy atom. The van der Waals surface area contributed by atoms with E-state index in [-0.39, 0.29) is 5.75 Å². The molecule has 0 atom stereocenters. The van der Waals surface area contributed by atoms with Crippen molar-refractivity contribution in [2.24, 2.45) is 0 Å². The van der Waals surface area contributed by atoms with Gasteiger partial charge in [0.2, 0.25) is 0 Å². The van der Waals surface area contributed by atoms with E-state index in [1.54, 1.807) is 19.2 Å². The molecule has 0 bridgehead atoms. The Morgan fingerprint density at radius 1 is 1.14 bits per heavy atom. The molecule has 1 aromatic rings. The van der Waals surface area contributed by atoms with Crippen LogP contribution in [-0.4, -0.2) is 45.7 Å². The van der Waals surface area contributed by atoms with Crippen LogP contribution >= 0.6 is 11.6 Å². The second-order valence-electron chi connectivity index (χ2n) is 4.60. The topological polar surface area (TPSA) is 60.0 Å². The number of methoxy groups -OCH3 is 2. The van der Waals surface area contributed by atoms with Gasteiger partial charge in [0.05, 0.1) is 20.3 Å². The van der Waals surface area contributed by atoms with E-state index in [2.05, 4.69) is 5.32 Å².